The maximum absolute atomic E-state index is 13.2. The summed E-state index contributed by atoms with van der Waals surface area (Å²) in [6, 6.07) is 22.3. The van der Waals surface area contributed by atoms with Crippen LogP contribution in [0.3, 0.4) is 0 Å². The molecule has 1 N–H and O–H groups in total. The molecule has 3 aromatic carbocycles. The van der Waals surface area contributed by atoms with Crippen molar-refractivity contribution in [2.45, 2.75) is 4.90 Å². The van der Waals surface area contributed by atoms with E-state index in [4.69, 9.17) is 0 Å². The van der Waals surface area contributed by atoms with Crippen LogP contribution in [0, 0.1) is 3.57 Å². The number of amides is 1. The minimum atomic E-state index is -3.94. The number of hydrogen-bond acceptors (Lipinski definition) is 4. The molecule has 0 aliphatic rings. The number of halogens is 2. The monoisotopic (exact) mass is 597 g/mol. The Hall–Kier alpha value is -2.24. The number of nitrogens with one attached hydrogen (secondary N) is 1. The Kier molecular flexibility index (Phi) is 7.62. The van der Waals surface area contributed by atoms with Crippen LogP contribution < -0.4 is 9.73 Å². The Bertz CT molecular complexity index is 1140. The zero-order valence-electron chi connectivity index (χ0n) is 15.6. The SMILES string of the molecule is O=C(CN(c1ccc(Br)cc1)S(=O)(=O)c1ccccc1)N/N=C\c1ccc(I)cc1. The predicted octanol–water partition coefficient (Wildman–Crippen LogP) is 4.40. The van der Waals surface area contributed by atoms with Crippen LogP contribution in [-0.4, -0.2) is 27.1 Å². The van der Waals surface area contributed by atoms with Gasteiger partial charge in [0.25, 0.3) is 15.9 Å². The first kappa shape index (κ1) is 22.4. The third kappa shape index (κ3) is 5.89. The molecule has 30 heavy (non-hydrogen) atoms. The lowest BCUT2D eigenvalue weighted by Crippen LogP contribution is -2.39. The number of rotatable bonds is 7. The Morgan fingerprint density at radius 2 is 1.63 bits per heavy atom. The Balaban J connectivity index is 1.81. The minimum absolute atomic E-state index is 0.100. The van der Waals surface area contributed by atoms with E-state index in [1.165, 1.54) is 18.3 Å². The van der Waals surface area contributed by atoms with Gasteiger partial charge in [-0.25, -0.2) is 13.8 Å². The van der Waals surface area contributed by atoms with Crippen LogP contribution in [0.1, 0.15) is 5.56 Å². The maximum Gasteiger partial charge on any atom is 0.264 e. The van der Waals surface area contributed by atoms with Crippen molar-refractivity contribution in [2.75, 3.05) is 10.8 Å². The smallest absolute Gasteiger partial charge is 0.264 e. The lowest BCUT2D eigenvalue weighted by atomic mass is 10.2. The van der Waals surface area contributed by atoms with Crippen LogP contribution >= 0.6 is 38.5 Å². The van der Waals surface area contributed by atoms with Crippen molar-refractivity contribution in [3.8, 4) is 0 Å². The molecule has 154 valence electrons. The van der Waals surface area contributed by atoms with E-state index >= 15 is 0 Å². The first-order chi connectivity index (χ1) is 14.4. The largest absolute Gasteiger partial charge is 0.271 e. The van der Waals surface area contributed by atoms with E-state index in [1.807, 2.05) is 24.3 Å². The Morgan fingerprint density at radius 3 is 2.27 bits per heavy atom. The van der Waals surface area contributed by atoms with Crippen LogP contribution in [0.25, 0.3) is 0 Å². The summed E-state index contributed by atoms with van der Waals surface area (Å²) in [6.45, 7) is -0.414. The molecule has 0 fully saturated rings. The Labute approximate surface area is 197 Å². The average Bonchev–Trinajstić information content (AvgIpc) is 2.75. The number of hydrogen-bond donors (Lipinski definition) is 1. The highest BCUT2D eigenvalue weighted by Gasteiger charge is 2.27. The second kappa shape index (κ2) is 10.2. The van der Waals surface area contributed by atoms with Crippen molar-refractivity contribution in [2.24, 2.45) is 5.10 Å². The van der Waals surface area contributed by atoms with Gasteiger partial charge in [-0.1, -0.05) is 46.3 Å². The van der Waals surface area contributed by atoms with Crippen molar-refractivity contribution in [1.82, 2.24) is 5.43 Å². The fourth-order valence-electron chi connectivity index (χ4n) is 2.54. The lowest BCUT2D eigenvalue weighted by molar-refractivity contribution is -0.119. The van der Waals surface area contributed by atoms with Gasteiger partial charge in [0.2, 0.25) is 0 Å². The van der Waals surface area contributed by atoms with Crippen LogP contribution in [0.15, 0.2) is 93.3 Å². The van der Waals surface area contributed by atoms with E-state index in [1.54, 1.807) is 42.5 Å². The minimum Gasteiger partial charge on any atom is -0.271 e. The molecule has 0 atom stereocenters. The van der Waals surface area contributed by atoms with Gasteiger partial charge in [-0.2, -0.15) is 5.10 Å². The molecule has 0 aromatic heterocycles. The number of nitrogens with zero attached hydrogens (tertiary/aromatic N) is 2. The third-order valence-corrected chi connectivity index (χ3v) is 7.04. The molecule has 0 spiro atoms. The van der Waals surface area contributed by atoms with Gasteiger partial charge in [0.15, 0.2) is 0 Å². The molecule has 1 amide bonds. The number of hydrazone groups is 1. The van der Waals surface area contributed by atoms with Gasteiger partial charge in [-0.15, -0.1) is 0 Å². The van der Waals surface area contributed by atoms with Crippen molar-refractivity contribution in [3.05, 3.63) is 92.5 Å². The summed E-state index contributed by atoms with van der Waals surface area (Å²) in [5, 5.41) is 3.93. The topological polar surface area (TPSA) is 78.8 Å². The zero-order chi connectivity index (χ0) is 21.6. The molecule has 3 rings (SSSR count). The van der Waals surface area contributed by atoms with Crippen LogP contribution in [0.5, 0.6) is 0 Å². The van der Waals surface area contributed by atoms with E-state index in [9.17, 15) is 13.2 Å². The average molecular weight is 598 g/mol. The van der Waals surface area contributed by atoms with Crippen molar-refractivity contribution in [3.63, 3.8) is 0 Å². The molecular formula is C21H17BrIN3O3S. The summed E-state index contributed by atoms with van der Waals surface area (Å²) < 4.78 is 29.3. The second-order valence-corrected chi connectivity index (χ2v) is 10.2. The summed E-state index contributed by atoms with van der Waals surface area (Å²) in [6.07, 6.45) is 1.50. The number of carbonyl (C=O) groups is 1. The van der Waals surface area contributed by atoms with Gasteiger partial charge in [0.05, 0.1) is 16.8 Å². The summed E-state index contributed by atoms with van der Waals surface area (Å²) in [7, 11) is -3.94. The third-order valence-electron chi connectivity index (χ3n) is 4.01. The molecule has 0 unspecified atom stereocenters. The molecule has 6 nitrogen and oxygen atoms in total. The predicted molar refractivity (Wildman–Crippen MR) is 130 cm³/mol. The highest BCUT2D eigenvalue weighted by Crippen LogP contribution is 2.25. The summed E-state index contributed by atoms with van der Waals surface area (Å²) >= 11 is 5.53. The van der Waals surface area contributed by atoms with E-state index in [-0.39, 0.29) is 4.90 Å². The van der Waals surface area contributed by atoms with Gasteiger partial charge in [0.1, 0.15) is 6.54 Å². The van der Waals surface area contributed by atoms with Gasteiger partial charge >= 0.3 is 0 Å². The highest BCUT2D eigenvalue weighted by atomic mass is 127. The van der Waals surface area contributed by atoms with Gasteiger partial charge in [-0.05, 0) is 76.7 Å². The molecule has 0 aliphatic carbocycles. The molecule has 9 heteroatoms. The molecule has 0 radical (unpaired) electrons. The molecule has 0 heterocycles. The first-order valence-electron chi connectivity index (χ1n) is 8.77. The van der Waals surface area contributed by atoms with E-state index in [2.05, 4.69) is 49.0 Å². The molecule has 0 saturated heterocycles. The summed E-state index contributed by atoms with van der Waals surface area (Å²) in [5.41, 5.74) is 3.59. The number of carbonyl (C=O) groups excluding carboxylic acids is 1. The number of anilines is 1. The van der Waals surface area contributed by atoms with Crippen molar-refractivity contribution >= 4 is 66.4 Å². The van der Waals surface area contributed by atoms with Gasteiger partial charge in [-0.3, -0.25) is 9.10 Å². The van der Waals surface area contributed by atoms with E-state index < -0.39 is 22.5 Å². The second-order valence-electron chi connectivity index (χ2n) is 6.15. The molecular weight excluding hydrogens is 581 g/mol. The first-order valence-corrected chi connectivity index (χ1v) is 12.1. The Morgan fingerprint density at radius 1 is 1.00 bits per heavy atom. The molecule has 0 aliphatic heterocycles. The molecule has 3 aromatic rings. The van der Waals surface area contributed by atoms with Crippen LogP contribution in [0.2, 0.25) is 0 Å². The number of sulfonamides is 1. The summed E-state index contributed by atoms with van der Waals surface area (Å²) in [5.74, 6) is -0.556. The maximum atomic E-state index is 13.2. The van der Waals surface area contributed by atoms with Crippen LogP contribution in [-0.2, 0) is 14.8 Å². The van der Waals surface area contributed by atoms with Gasteiger partial charge in [0, 0.05) is 8.04 Å². The van der Waals surface area contributed by atoms with Crippen molar-refractivity contribution < 1.29 is 13.2 Å². The number of benzene rings is 3. The molecule has 0 saturated carbocycles. The van der Waals surface area contributed by atoms with E-state index in [0.29, 0.717) is 5.69 Å². The fourth-order valence-corrected chi connectivity index (χ4v) is 4.60. The van der Waals surface area contributed by atoms with Gasteiger partial charge < -0.3 is 0 Å². The zero-order valence-corrected chi connectivity index (χ0v) is 20.1. The van der Waals surface area contributed by atoms with Crippen LogP contribution in [0.4, 0.5) is 5.69 Å². The lowest BCUT2D eigenvalue weighted by Gasteiger charge is -2.23. The highest BCUT2D eigenvalue weighted by molar-refractivity contribution is 14.1. The quantitative estimate of drug-likeness (QED) is 0.249. The fraction of sp³-hybridized carbons (Fsp3) is 0.0476. The van der Waals surface area contributed by atoms with E-state index in [0.717, 1.165) is 17.9 Å². The normalized spacial score (nSPS) is 11.4. The molecule has 0 bridgehead atoms. The van der Waals surface area contributed by atoms with Crippen molar-refractivity contribution in [1.29, 1.82) is 0 Å². The standard InChI is InChI=1S/C21H17BrIN3O3S/c22-17-8-12-19(13-9-17)26(30(28,29)20-4-2-1-3-5-20)15-21(27)25-24-14-16-6-10-18(23)11-7-16/h1-14H,15H2,(H,25,27)/b24-14-. The summed E-state index contributed by atoms with van der Waals surface area (Å²) in [4.78, 5) is 12.6.